The lowest BCUT2D eigenvalue weighted by atomic mass is 10.1. The summed E-state index contributed by atoms with van der Waals surface area (Å²) in [4.78, 5) is 6.49. The lowest BCUT2D eigenvalue weighted by Crippen LogP contribution is -2.43. The highest BCUT2D eigenvalue weighted by atomic mass is 19.4. The van der Waals surface area contributed by atoms with E-state index in [1.165, 1.54) is 6.07 Å². The Bertz CT molecular complexity index is 827. The van der Waals surface area contributed by atoms with Crippen LogP contribution in [0.2, 0.25) is 0 Å². The molecule has 0 atom stereocenters. The Morgan fingerprint density at radius 3 is 2.60 bits per heavy atom. The molecule has 1 saturated heterocycles. The summed E-state index contributed by atoms with van der Waals surface area (Å²) < 4.78 is 44.6. The third-order valence-electron chi connectivity index (χ3n) is 4.34. The third kappa shape index (κ3) is 3.07. The van der Waals surface area contributed by atoms with Gasteiger partial charge in [0, 0.05) is 38.1 Å². The van der Waals surface area contributed by atoms with Crippen molar-refractivity contribution in [2.75, 3.05) is 31.1 Å². The second-order valence-corrected chi connectivity index (χ2v) is 5.97. The van der Waals surface area contributed by atoms with E-state index in [0.717, 1.165) is 49.6 Å². The monoisotopic (exact) mass is 347 g/mol. The van der Waals surface area contributed by atoms with Crippen molar-refractivity contribution in [3.8, 4) is 11.5 Å². The second kappa shape index (κ2) is 6.07. The highest BCUT2D eigenvalue weighted by Crippen LogP contribution is 2.42. The normalized spacial score (nSPS) is 16.7. The molecule has 0 bridgehead atoms. The van der Waals surface area contributed by atoms with Gasteiger partial charge in [-0.1, -0.05) is 6.07 Å². The maximum absolute atomic E-state index is 12.9. The largest absolute Gasteiger partial charge is 0.454 e. The molecule has 0 aliphatic carbocycles. The molecule has 2 aliphatic rings. The molecule has 0 spiro atoms. The molecule has 4 rings (SSSR count). The van der Waals surface area contributed by atoms with E-state index in [9.17, 15) is 13.2 Å². The molecule has 0 amide bonds. The van der Waals surface area contributed by atoms with E-state index in [1.807, 2.05) is 12.1 Å². The quantitative estimate of drug-likeness (QED) is 0.724. The molecule has 2 aromatic rings. The van der Waals surface area contributed by atoms with Crippen molar-refractivity contribution in [3.05, 3.63) is 47.5 Å². The van der Waals surface area contributed by atoms with Crippen molar-refractivity contribution < 1.29 is 17.9 Å². The predicted molar refractivity (Wildman–Crippen MR) is 90.3 cm³/mol. The molecule has 130 valence electrons. The Hall–Kier alpha value is -2.54. The van der Waals surface area contributed by atoms with Gasteiger partial charge in [0.25, 0.3) is 0 Å². The maximum atomic E-state index is 12.9. The van der Waals surface area contributed by atoms with Crippen molar-refractivity contribution in [1.82, 2.24) is 5.32 Å². The topological polar surface area (TPSA) is 36.9 Å². The van der Waals surface area contributed by atoms with Gasteiger partial charge in [0.1, 0.15) is 11.4 Å². The summed E-state index contributed by atoms with van der Waals surface area (Å²) in [7, 11) is 0. The van der Waals surface area contributed by atoms with Crippen LogP contribution in [-0.2, 0) is 6.18 Å². The summed E-state index contributed by atoms with van der Waals surface area (Å²) in [5.74, 6) is 0.916. The van der Waals surface area contributed by atoms with Crippen LogP contribution in [0, 0.1) is 0 Å². The first-order chi connectivity index (χ1) is 12.0. The van der Waals surface area contributed by atoms with Crippen LogP contribution in [0.5, 0.6) is 11.5 Å². The van der Waals surface area contributed by atoms with Crippen LogP contribution in [0.15, 0.2) is 41.4 Å². The van der Waals surface area contributed by atoms with Crippen molar-refractivity contribution in [2.24, 2.45) is 4.99 Å². The van der Waals surface area contributed by atoms with Crippen LogP contribution in [0.3, 0.4) is 0 Å². The van der Waals surface area contributed by atoms with Crippen molar-refractivity contribution in [1.29, 1.82) is 0 Å². The van der Waals surface area contributed by atoms with Gasteiger partial charge in [0.2, 0.25) is 0 Å². The summed E-state index contributed by atoms with van der Waals surface area (Å²) in [5, 5.41) is 3.30. The van der Waals surface area contributed by atoms with Gasteiger partial charge in [-0.3, -0.25) is 4.99 Å². The Labute approximate surface area is 142 Å². The van der Waals surface area contributed by atoms with Gasteiger partial charge in [-0.2, -0.15) is 13.2 Å². The molecule has 7 heteroatoms. The number of hydrogen-bond donors (Lipinski definition) is 1. The fraction of sp³-hybridized carbons (Fsp3) is 0.278. The lowest BCUT2D eigenvalue weighted by Gasteiger charge is -2.30. The van der Waals surface area contributed by atoms with Crippen LogP contribution in [0.4, 0.5) is 24.5 Å². The first-order valence-corrected chi connectivity index (χ1v) is 8.04. The number of piperazine rings is 1. The minimum absolute atomic E-state index is 0.178. The zero-order chi connectivity index (χ0) is 17.4. The molecule has 0 radical (unpaired) electrons. The number of ether oxygens (including phenoxy) is 1. The molecular formula is C18H16F3N3O. The third-order valence-corrected chi connectivity index (χ3v) is 4.34. The molecular weight excluding hydrogens is 331 g/mol. The van der Waals surface area contributed by atoms with Gasteiger partial charge >= 0.3 is 6.18 Å². The minimum Gasteiger partial charge on any atom is -0.454 e. The van der Waals surface area contributed by atoms with Gasteiger partial charge in [-0.15, -0.1) is 0 Å². The summed E-state index contributed by atoms with van der Waals surface area (Å²) in [6.07, 6.45) is -2.81. The molecule has 1 fully saturated rings. The molecule has 0 aromatic heterocycles. The lowest BCUT2D eigenvalue weighted by molar-refractivity contribution is -0.137. The standard InChI is InChI=1S/C18H16F3N3O/c19-18(20,21)12-4-5-17-14(10-12)23-11-13-15(2-1-3-16(13)25-17)24-8-6-22-7-9-24/h1-5,10-11,22H,6-9H2. The van der Waals surface area contributed by atoms with Crippen molar-refractivity contribution in [2.45, 2.75) is 6.18 Å². The number of benzene rings is 2. The molecule has 25 heavy (non-hydrogen) atoms. The molecule has 2 aromatic carbocycles. The number of anilines is 1. The van der Waals surface area contributed by atoms with Crippen LogP contribution < -0.4 is 15.0 Å². The van der Waals surface area contributed by atoms with Crippen LogP contribution in [-0.4, -0.2) is 32.4 Å². The fourth-order valence-electron chi connectivity index (χ4n) is 3.07. The second-order valence-electron chi connectivity index (χ2n) is 5.97. The Kier molecular flexibility index (Phi) is 3.88. The number of halogens is 3. The van der Waals surface area contributed by atoms with E-state index in [1.54, 1.807) is 12.3 Å². The van der Waals surface area contributed by atoms with Gasteiger partial charge in [-0.25, -0.2) is 0 Å². The first kappa shape index (κ1) is 16.0. The van der Waals surface area contributed by atoms with E-state index in [-0.39, 0.29) is 5.69 Å². The molecule has 0 unspecified atom stereocenters. The molecule has 4 nitrogen and oxygen atoms in total. The smallest absolute Gasteiger partial charge is 0.416 e. The summed E-state index contributed by atoms with van der Waals surface area (Å²) in [5.41, 5.74) is 1.21. The van der Waals surface area contributed by atoms with Gasteiger partial charge in [0.15, 0.2) is 5.75 Å². The fourth-order valence-corrected chi connectivity index (χ4v) is 3.07. The summed E-state index contributed by atoms with van der Waals surface area (Å²) >= 11 is 0. The number of aliphatic imine (C=N–C) groups is 1. The predicted octanol–water partition coefficient (Wildman–Crippen LogP) is 3.97. The average Bonchev–Trinajstić information content (AvgIpc) is 2.80. The Morgan fingerprint density at radius 1 is 1.04 bits per heavy atom. The van der Waals surface area contributed by atoms with Gasteiger partial charge in [-0.05, 0) is 30.3 Å². The first-order valence-electron chi connectivity index (χ1n) is 8.04. The van der Waals surface area contributed by atoms with Crippen LogP contribution >= 0.6 is 0 Å². The minimum atomic E-state index is -4.41. The van der Waals surface area contributed by atoms with Gasteiger partial charge < -0.3 is 15.0 Å². The summed E-state index contributed by atoms with van der Waals surface area (Å²) in [6, 6.07) is 9.03. The number of rotatable bonds is 1. The van der Waals surface area contributed by atoms with Crippen molar-refractivity contribution >= 4 is 17.6 Å². The van der Waals surface area contributed by atoms with Crippen LogP contribution in [0.25, 0.3) is 0 Å². The highest BCUT2D eigenvalue weighted by molar-refractivity contribution is 5.94. The van der Waals surface area contributed by atoms with E-state index < -0.39 is 11.7 Å². The number of hydrogen-bond acceptors (Lipinski definition) is 4. The zero-order valence-electron chi connectivity index (χ0n) is 13.3. The number of fused-ring (bicyclic) bond motifs is 2. The Morgan fingerprint density at radius 2 is 1.84 bits per heavy atom. The van der Waals surface area contributed by atoms with E-state index in [0.29, 0.717) is 11.5 Å². The average molecular weight is 347 g/mol. The molecule has 0 saturated carbocycles. The molecule has 2 heterocycles. The number of alkyl halides is 3. The number of nitrogens with zero attached hydrogens (tertiary/aromatic N) is 2. The Balaban J connectivity index is 1.75. The highest BCUT2D eigenvalue weighted by Gasteiger charge is 2.31. The van der Waals surface area contributed by atoms with E-state index in [4.69, 9.17) is 4.74 Å². The molecule has 1 N–H and O–H groups in total. The van der Waals surface area contributed by atoms with E-state index in [2.05, 4.69) is 15.2 Å². The van der Waals surface area contributed by atoms with Crippen molar-refractivity contribution in [3.63, 3.8) is 0 Å². The molecule has 2 aliphatic heterocycles. The van der Waals surface area contributed by atoms with Crippen LogP contribution in [0.1, 0.15) is 11.1 Å². The zero-order valence-corrected chi connectivity index (χ0v) is 13.3. The maximum Gasteiger partial charge on any atom is 0.416 e. The van der Waals surface area contributed by atoms with E-state index >= 15 is 0 Å². The summed E-state index contributed by atoms with van der Waals surface area (Å²) in [6.45, 7) is 3.48. The van der Waals surface area contributed by atoms with Gasteiger partial charge in [0.05, 0.1) is 11.1 Å². The number of nitrogens with one attached hydrogen (secondary N) is 1. The SMILES string of the molecule is FC(F)(F)c1ccc2c(c1)N=Cc1c(cccc1N1CCNCC1)O2.